The zero-order chi connectivity index (χ0) is 15.9. The summed E-state index contributed by atoms with van der Waals surface area (Å²) in [4.78, 5) is 0.176. The van der Waals surface area contributed by atoms with Crippen LogP contribution >= 0.6 is 0 Å². The van der Waals surface area contributed by atoms with E-state index in [1.807, 2.05) is 13.0 Å². The third-order valence-corrected chi connectivity index (χ3v) is 5.30. The molecule has 0 aliphatic carbocycles. The minimum atomic E-state index is -3.64. The quantitative estimate of drug-likeness (QED) is 0.796. The van der Waals surface area contributed by atoms with Crippen molar-refractivity contribution in [3.63, 3.8) is 0 Å². The fourth-order valence-corrected chi connectivity index (χ4v) is 3.79. The largest absolute Gasteiger partial charge is 0.396 e. The van der Waals surface area contributed by atoms with Crippen molar-refractivity contribution >= 4 is 10.0 Å². The highest BCUT2D eigenvalue weighted by molar-refractivity contribution is 7.89. The molecule has 116 valence electrons. The summed E-state index contributed by atoms with van der Waals surface area (Å²) in [7, 11) is -3.64. The first-order valence-corrected chi connectivity index (χ1v) is 8.53. The molecule has 0 aliphatic heterocycles. The third-order valence-electron chi connectivity index (χ3n) is 3.26. The van der Waals surface area contributed by atoms with Gasteiger partial charge < -0.3 is 5.11 Å². The Labute approximate surface area is 126 Å². The molecular weight excluding hydrogens is 288 g/mol. The molecule has 0 saturated heterocycles. The summed E-state index contributed by atoms with van der Waals surface area (Å²) < 4.78 is 26.9. The van der Waals surface area contributed by atoms with E-state index in [2.05, 4.69) is 0 Å². The van der Waals surface area contributed by atoms with Crippen molar-refractivity contribution < 1.29 is 13.5 Å². The number of aliphatic hydroxyl groups is 1. The van der Waals surface area contributed by atoms with Crippen LogP contribution in [-0.2, 0) is 10.0 Å². The average Bonchev–Trinajstić information content (AvgIpc) is 2.47. The SMILES string of the molecule is CCCCN(CCCO)S(=O)(=O)c1cc(C#N)ccc1C. The van der Waals surface area contributed by atoms with E-state index in [0.717, 1.165) is 12.8 Å². The van der Waals surface area contributed by atoms with Gasteiger partial charge in [-0.15, -0.1) is 0 Å². The maximum atomic E-state index is 12.8. The van der Waals surface area contributed by atoms with Crippen molar-refractivity contribution in [3.8, 4) is 6.07 Å². The fourth-order valence-electron chi connectivity index (χ4n) is 2.02. The van der Waals surface area contributed by atoms with E-state index < -0.39 is 10.0 Å². The number of sulfonamides is 1. The summed E-state index contributed by atoms with van der Waals surface area (Å²) in [5.41, 5.74) is 0.955. The molecule has 0 fully saturated rings. The Kier molecular flexibility index (Phi) is 6.82. The van der Waals surface area contributed by atoms with Crippen molar-refractivity contribution in [3.05, 3.63) is 29.3 Å². The number of rotatable bonds is 8. The van der Waals surface area contributed by atoms with Crippen LogP contribution < -0.4 is 0 Å². The fraction of sp³-hybridized carbons (Fsp3) is 0.533. The maximum Gasteiger partial charge on any atom is 0.243 e. The lowest BCUT2D eigenvalue weighted by Crippen LogP contribution is -2.34. The molecule has 0 aromatic heterocycles. The summed E-state index contributed by atoms with van der Waals surface area (Å²) in [6, 6.07) is 6.65. The molecular formula is C15H22N2O3S. The third kappa shape index (κ3) is 4.53. The zero-order valence-corrected chi connectivity index (χ0v) is 13.4. The Hall–Kier alpha value is -1.42. The molecule has 1 N–H and O–H groups in total. The van der Waals surface area contributed by atoms with Gasteiger partial charge in [0.2, 0.25) is 10.0 Å². The zero-order valence-electron chi connectivity index (χ0n) is 12.5. The summed E-state index contributed by atoms with van der Waals surface area (Å²) >= 11 is 0. The monoisotopic (exact) mass is 310 g/mol. The van der Waals surface area contributed by atoms with Gasteiger partial charge >= 0.3 is 0 Å². The molecule has 21 heavy (non-hydrogen) atoms. The molecule has 5 nitrogen and oxygen atoms in total. The minimum Gasteiger partial charge on any atom is -0.396 e. The number of nitriles is 1. The van der Waals surface area contributed by atoms with E-state index in [4.69, 9.17) is 10.4 Å². The molecule has 0 radical (unpaired) electrons. The number of aliphatic hydroxyl groups excluding tert-OH is 1. The Morgan fingerprint density at radius 2 is 1.95 bits per heavy atom. The normalized spacial score (nSPS) is 11.6. The van der Waals surface area contributed by atoms with Gasteiger partial charge in [-0.2, -0.15) is 9.57 Å². The van der Waals surface area contributed by atoms with Crippen molar-refractivity contribution in [1.82, 2.24) is 4.31 Å². The molecule has 0 bridgehead atoms. The standard InChI is InChI=1S/C15H22N2O3S/c1-3-4-8-17(9-5-10-18)21(19,20)15-11-14(12-16)7-6-13(15)2/h6-7,11,18H,3-5,8-10H2,1-2H3. The smallest absolute Gasteiger partial charge is 0.243 e. The highest BCUT2D eigenvalue weighted by Gasteiger charge is 2.25. The number of aryl methyl sites for hydroxylation is 1. The minimum absolute atomic E-state index is 0.0463. The van der Waals surface area contributed by atoms with Gasteiger partial charge in [0.05, 0.1) is 16.5 Å². The van der Waals surface area contributed by atoms with E-state index in [9.17, 15) is 8.42 Å². The molecule has 0 aliphatic rings. The van der Waals surface area contributed by atoms with Crippen LogP contribution in [0.4, 0.5) is 0 Å². The number of benzene rings is 1. The summed E-state index contributed by atoms with van der Waals surface area (Å²) in [6.07, 6.45) is 2.06. The Morgan fingerprint density at radius 3 is 2.52 bits per heavy atom. The second kappa shape index (κ2) is 8.13. The van der Waals surface area contributed by atoms with Crippen molar-refractivity contribution in [1.29, 1.82) is 5.26 Å². The van der Waals surface area contributed by atoms with Gasteiger partial charge in [-0.05, 0) is 37.5 Å². The van der Waals surface area contributed by atoms with Crippen LogP contribution in [0.5, 0.6) is 0 Å². The second-order valence-corrected chi connectivity index (χ2v) is 6.83. The van der Waals surface area contributed by atoms with Crippen LogP contribution in [0, 0.1) is 18.3 Å². The predicted octanol–water partition coefficient (Wildman–Crippen LogP) is 2.04. The molecule has 0 amide bonds. The van der Waals surface area contributed by atoms with Crippen LogP contribution in [0.2, 0.25) is 0 Å². The molecule has 6 heteroatoms. The summed E-state index contributed by atoms with van der Waals surface area (Å²) in [6.45, 7) is 4.38. The molecule has 0 unspecified atom stereocenters. The number of hydrogen-bond donors (Lipinski definition) is 1. The Bertz CT molecular complexity index is 598. The highest BCUT2D eigenvalue weighted by Crippen LogP contribution is 2.22. The Morgan fingerprint density at radius 1 is 1.29 bits per heavy atom. The molecule has 1 aromatic rings. The van der Waals surface area contributed by atoms with E-state index in [-0.39, 0.29) is 18.0 Å². The van der Waals surface area contributed by atoms with Gasteiger partial charge in [0.25, 0.3) is 0 Å². The van der Waals surface area contributed by atoms with Crippen LogP contribution in [-0.4, -0.2) is 37.5 Å². The van der Waals surface area contributed by atoms with Crippen LogP contribution in [0.15, 0.2) is 23.1 Å². The lowest BCUT2D eigenvalue weighted by molar-refractivity contribution is 0.268. The summed E-state index contributed by atoms with van der Waals surface area (Å²) in [5.74, 6) is 0. The van der Waals surface area contributed by atoms with Gasteiger partial charge in [0.1, 0.15) is 0 Å². The molecule has 1 aromatic carbocycles. The van der Waals surface area contributed by atoms with Crippen molar-refractivity contribution in [2.45, 2.75) is 38.0 Å². The molecule has 0 saturated carbocycles. The molecule has 0 spiro atoms. The topological polar surface area (TPSA) is 81.4 Å². The number of hydrogen-bond acceptors (Lipinski definition) is 4. The van der Waals surface area contributed by atoms with Gasteiger partial charge in [-0.1, -0.05) is 19.4 Å². The molecule has 0 atom stereocenters. The first-order valence-electron chi connectivity index (χ1n) is 7.09. The molecule has 1 rings (SSSR count). The lowest BCUT2D eigenvalue weighted by atomic mass is 10.2. The first kappa shape index (κ1) is 17.6. The molecule has 0 heterocycles. The van der Waals surface area contributed by atoms with Crippen molar-refractivity contribution in [2.75, 3.05) is 19.7 Å². The van der Waals surface area contributed by atoms with Crippen LogP contribution in [0.25, 0.3) is 0 Å². The van der Waals surface area contributed by atoms with E-state index in [1.54, 1.807) is 19.1 Å². The lowest BCUT2D eigenvalue weighted by Gasteiger charge is -2.22. The predicted molar refractivity (Wildman–Crippen MR) is 81.3 cm³/mol. The second-order valence-electron chi connectivity index (χ2n) is 4.93. The Balaban J connectivity index is 3.18. The number of nitrogens with zero attached hydrogens (tertiary/aromatic N) is 2. The van der Waals surface area contributed by atoms with E-state index in [0.29, 0.717) is 24.1 Å². The van der Waals surface area contributed by atoms with Crippen LogP contribution in [0.1, 0.15) is 37.3 Å². The van der Waals surface area contributed by atoms with Gasteiger partial charge in [0.15, 0.2) is 0 Å². The van der Waals surface area contributed by atoms with Gasteiger partial charge in [-0.3, -0.25) is 0 Å². The highest BCUT2D eigenvalue weighted by atomic mass is 32.2. The van der Waals surface area contributed by atoms with Crippen LogP contribution in [0.3, 0.4) is 0 Å². The van der Waals surface area contributed by atoms with E-state index >= 15 is 0 Å². The maximum absolute atomic E-state index is 12.8. The number of unbranched alkanes of at least 4 members (excludes halogenated alkanes) is 1. The first-order chi connectivity index (χ1) is 9.97. The van der Waals surface area contributed by atoms with Gasteiger partial charge in [-0.25, -0.2) is 8.42 Å². The van der Waals surface area contributed by atoms with E-state index in [1.165, 1.54) is 10.4 Å². The van der Waals surface area contributed by atoms with Gasteiger partial charge in [0, 0.05) is 19.7 Å². The summed E-state index contributed by atoms with van der Waals surface area (Å²) in [5, 5.41) is 17.9. The average molecular weight is 310 g/mol. The van der Waals surface area contributed by atoms with Crippen molar-refractivity contribution in [2.24, 2.45) is 0 Å².